The first-order chi connectivity index (χ1) is 9.19. The molecule has 1 aromatic carbocycles. The van der Waals surface area contributed by atoms with Crippen LogP contribution in [0.1, 0.15) is 37.8 Å². The number of rotatable bonds is 6. The van der Waals surface area contributed by atoms with Gasteiger partial charge >= 0.3 is 0 Å². The van der Waals surface area contributed by atoms with Crippen LogP contribution in [-0.4, -0.2) is 29.7 Å². The minimum atomic E-state index is -0.272. The normalized spacial score (nSPS) is 10.4. The van der Waals surface area contributed by atoms with Crippen LogP contribution in [0, 0.1) is 17.7 Å². The molecule has 0 amide bonds. The van der Waals surface area contributed by atoms with Gasteiger partial charge in [0.1, 0.15) is 12.4 Å². The summed E-state index contributed by atoms with van der Waals surface area (Å²) in [7, 11) is 0. The molecule has 0 spiro atoms. The van der Waals surface area contributed by atoms with E-state index in [0.717, 1.165) is 38.0 Å². The fourth-order valence-corrected chi connectivity index (χ4v) is 1.94. The van der Waals surface area contributed by atoms with Crippen molar-refractivity contribution in [2.75, 3.05) is 19.7 Å². The van der Waals surface area contributed by atoms with Crippen LogP contribution in [0.4, 0.5) is 4.39 Å². The van der Waals surface area contributed by atoms with Crippen molar-refractivity contribution in [2.24, 2.45) is 0 Å². The molecule has 0 aliphatic carbocycles. The predicted octanol–water partition coefficient (Wildman–Crippen LogP) is 2.79. The highest BCUT2D eigenvalue weighted by Crippen LogP contribution is 2.11. The second-order valence-corrected chi connectivity index (χ2v) is 4.53. The number of halogens is 1. The molecule has 3 heteroatoms. The molecule has 1 N–H and O–H groups in total. The summed E-state index contributed by atoms with van der Waals surface area (Å²) in [4.78, 5) is 2.29. The average Bonchev–Trinajstić information content (AvgIpc) is 2.40. The van der Waals surface area contributed by atoms with Gasteiger partial charge in [-0.3, -0.25) is 4.90 Å². The zero-order valence-corrected chi connectivity index (χ0v) is 11.7. The van der Waals surface area contributed by atoms with Crippen molar-refractivity contribution in [3.63, 3.8) is 0 Å². The zero-order chi connectivity index (χ0) is 14.1. The minimum absolute atomic E-state index is 0.205. The Kier molecular flexibility index (Phi) is 7.17. The van der Waals surface area contributed by atoms with Gasteiger partial charge in [-0.15, -0.1) is 0 Å². The number of benzene rings is 1. The second kappa shape index (κ2) is 8.68. The van der Waals surface area contributed by atoms with Crippen LogP contribution < -0.4 is 0 Å². The van der Waals surface area contributed by atoms with Gasteiger partial charge in [-0.25, -0.2) is 4.39 Å². The molecular weight excluding hydrogens is 241 g/mol. The quantitative estimate of drug-likeness (QED) is 0.798. The van der Waals surface area contributed by atoms with Gasteiger partial charge < -0.3 is 5.11 Å². The van der Waals surface area contributed by atoms with Crippen LogP contribution in [-0.2, 0) is 6.54 Å². The molecule has 0 aliphatic heterocycles. The van der Waals surface area contributed by atoms with Crippen LogP contribution in [0.2, 0.25) is 0 Å². The average molecular weight is 263 g/mol. The van der Waals surface area contributed by atoms with E-state index in [2.05, 4.69) is 30.6 Å². The van der Waals surface area contributed by atoms with Crippen molar-refractivity contribution in [1.82, 2.24) is 4.90 Å². The molecule has 0 radical (unpaired) electrons. The van der Waals surface area contributed by atoms with Crippen LogP contribution >= 0.6 is 0 Å². The molecule has 104 valence electrons. The third-order valence-corrected chi connectivity index (χ3v) is 2.95. The summed E-state index contributed by atoms with van der Waals surface area (Å²) in [5, 5.41) is 8.67. The lowest BCUT2D eigenvalue weighted by molar-refractivity contribution is 0.275. The van der Waals surface area contributed by atoms with Gasteiger partial charge in [0.05, 0.1) is 0 Å². The summed E-state index contributed by atoms with van der Waals surface area (Å²) >= 11 is 0. The molecule has 0 atom stereocenters. The summed E-state index contributed by atoms with van der Waals surface area (Å²) in [6, 6.07) is 4.84. The van der Waals surface area contributed by atoms with Crippen molar-refractivity contribution in [1.29, 1.82) is 0 Å². The van der Waals surface area contributed by atoms with Crippen LogP contribution in [0.25, 0.3) is 0 Å². The van der Waals surface area contributed by atoms with Gasteiger partial charge in [0.25, 0.3) is 0 Å². The van der Waals surface area contributed by atoms with Crippen molar-refractivity contribution in [3.05, 3.63) is 35.1 Å². The van der Waals surface area contributed by atoms with E-state index in [1.54, 1.807) is 6.07 Å². The smallest absolute Gasteiger partial charge is 0.124 e. The summed E-state index contributed by atoms with van der Waals surface area (Å²) in [5.74, 6) is 5.03. The summed E-state index contributed by atoms with van der Waals surface area (Å²) in [6.45, 7) is 6.79. The Balaban J connectivity index is 2.78. The number of unbranched alkanes of at least 4 members (excludes halogenated alkanes) is 1. The third kappa shape index (κ3) is 5.87. The first kappa shape index (κ1) is 15.7. The molecule has 0 heterocycles. The highest BCUT2D eigenvalue weighted by molar-refractivity contribution is 5.37. The van der Waals surface area contributed by atoms with Gasteiger partial charge in [-0.2, -0.15) is 0 Å². The minimum Gasteiger partial charge on any atom is -0.384 e. The van der Waals surface area contributed by atoms with Gasteiger partial charge in [0, 0.05) is 12.1 Å². The van der Waals surface area contributed by atoms with Gasteiger partial charge in [-0.1, -0.05) is 32.1 Å². The molecule has 0 fully saturated rings. The standard InChI is InChI=1S/C16H22FNO/c1-3-5-8-18(4-2)13-15-10-14(7-6-9-19)11-16(17)12-15/h10-12,19H,3-5,8-9,13H2,1-2H3. The van der Waals surface area contributed by atoms with E-state index in [-0.39, 0.29) is 12.4 Å². The number of aliphatic hydroxyl groups is 1. The highest BCUT2D eigenvalue weighted by atomic mass is 19.1. The number of nitrogens with zero attached hydrogens (tertiary/aromatic N) is 1. The lowest BCUT2D eigenvalue weighted by atomic mass is 10.1. The van der Waals surface area contributed by atoms with Crippen LogP contribution in [0.5, 0.6) is 0 Å². The summed E-state index contributed by atoms with van der Waals surface area (Å²) in [6.07, 6.45) is 2.31. The molecular formula is C16H22FNO. The molecule has 0 saturated heterocycles. The molecule has 0 unspecified atom stereocenters. The lowest BCUT2D eigenvalue weighted by Gasteiger charge is -2.20. The Bertz CT molecular complexity index is 448. The first-order valence-corrected chi connectivity index (χ1v) is 6.81. The molecule has 0 bridgehead atoms. The maximum absolute atomic E-state index is 13.5. The largest absolute Gasteiger partial charge is 0.384 e. The van der Waals surface area contributed by atoms with E-state index in [9.17, 15) is 4.39 Å². The van der Waals surface area contributed by atoms with Crippen molar-refractivity contribution >= 4 is 0 Å². The highest BCUT2D eigenvalue weighted by Gasteiger charge is 2.05. The van der Waals surface area contributed by atoms with E-state index in [0.29, 0.717) is 5.56 Å². The monoisotopic (exact) mass is 263 g/mol. The van der Waals surface area contributed by atoms with E-state index in [4.69, 9.17) is 5.11 Å². The molecule has 1 rings (SSSR count). The maximum Gasteiger partial charge on any atom is 0.124 e. The second-order valence-electron chi connectivity index (χ2n) is 4.53. The Hall–Kier alpha value is -1.37. The molecule has 1 aromatic rings. The Morgan fingerprint density at radius 1 is 1.26 bits per heavy atom. The zero-order valence-electron chi connectivity index (χ0n) is 11.7. The van der Waals surface area contributed by atoms with Crippen LogP contribution in [0.15, 0.2) is 18.2 Å². The Morgan fingerprint density at radius 3 is 2.68 bits per heavy atom. The Morgan fingerprint density at radius 2 is 2.05 bits per heavy atom. The van der Waals surface area contributed by atoms with Crippen molar-refractivity contribution in [3.8, 4) is 11.8 Å². The number of hydrogen-bond acceptors (Lipinski definition) is 2. The molecule has 0 aliphatic rings. The van der Waals surface area contributed by atoms with Gasteiger partial charge in [-0.05, 0) is 43.3 Å². The molecule has 2 nitrogen and oxygen atoms in total. The van der Waals surface area contributed by atoms with E-state index in [1.807, 2.05) is 6.07 Å². The summed E-state index contributed by atoms with van der Waals surface area (Å²) < 4.78 is 13.5. The fraction of sp³-hybridized carbons (Fsp3) is 0.500. The van der Waals surface area contributed by atoms with Crippen molar-refractivity contribution < 1.29 is 9.50 Å². The van der Waals surface area contributed by atoms with E-state index >= 15 is 0 Å². The maximum atomic E-state index is 13.5. The first-order valence-electron chi connectivity index (χ1n) is 6.81. The van der Waals surface area contributed by atoms with Gasteiger partial charge in [0.2, 0.25) is 0 Å². The van der Waals surface area contributed by atoms with E-state index in [1.165, 1.54) is 6.07 Å². The molecule has 19 heavy (non-hydrogen) atoms. The topological polar surface area (TPSA) is 23.5 Å². The Labute approximate surface area is 115 Å². The molecule has 0 aromatic heterocycles. The third-order valence-electron chi connectivity index (χ3n) is 2.95. The fourth-order valence-electron chi connectivity index (χ4n) is 1.94. The van der Waals surface area contributed by atoms with E-state index < -0.39 is 0 Å². The summed E-state index contributed by atoms with van der Waals surface area (Å²) in [5.41, 5.74) is 1.55. The number of hydrogen-bond donors (Lipinski definition) is 1. The van der Waals surface area contributed by atoms with Gasteiger partial charge in [0.15, 0.2) is 0 Å². The SMILES string of the molecule is CCCCN(CC)Cc1cc(F)cc(C#CCO)c1. The number of aliphatic hydroxyl groups excluding tert-OH is 1. The molecule has 0 saturated carbocycles. The lowest BCUT2D eigenvalue weighted by Crippen LogP contribution is -2.24. The van der Waals surface area contributed by atoms with Crippen molar-refractivity contribution in [2.45, 2.75) is 33.2 Å². The van der Waals surface area contributed by atoms with Crippen LogP contribution in [0.3, 0.4) is 0 Å². The predicted molar refractivity (Wildman–Crippen MR) is 76.2 cm³/mol.